The summed E-state index contributed by atoms with van der Waals surface area (Å²) >= 11 is 5.89. The molecule has 32 heavy (non-hydrogen) atoms. The molecule has 0 bridgehead atoms. The summed E-state index contributed by atoms with van der Waals surface area (Å²) in [5, 5.41) is 11.9. The molecule has 4 N–H and O–H groups in total. The number of H-pyrrole nitrogens is 1. The SMILES string of the molecule is Nc1n[nH]c(=O)c2c1c(-c1ccc(Oc3ccccc3)cc1)nn2C1CCCC(NCl)C1. The predicted molar refractivity (Wildman–Crippen MR) is 125 cm³/mol. The van der Waals surface area contributed by atoms with Crippen molar-refractivity contribution in [3.05, 3.63) is 65.0 Å². The van der Waals surface area contributed by atoms with E-state index < -0.39 is 0 Å². The van der Waals surface area contributed by atoms with Crippen molar-refractivity contribution >= 4 is 28.5 Å². The molecular formula is C23H23ClN6O2. The van der Waals surface area contributed by atoms with Gasteiger partial charge in [0.1, 0.15) is 22.7 Å². The van der Waals surface area contributed by atoms with Gasteiger partial charge in [-0.05, 0) is 73.9 Å². The third kappa shape index (κ3) is 3.83. The van der Waals surface area contributed by atoms with Gasteiger partial charge in [0.15, 0.2) is 5.82 Å². The van der Waals surface area contributed by atoms with Gasteiger partial charge in [-0.1, -0.05) is 18.2 Å². The number of fused-ring (bicyclic) bond motifs is 1. The molecule has 9 heteroatoms. The summed E-state index contributed by atoms with van der Waals surface area (Å²) in [6, 6.07) is 17.4. The number of nitrogens with two attached hydrogens (primary N) is 1. The second-order valence-electron chi connectivity index (χ2n) is 8.02. The van der Waals surface area contributed by atoms with E-state index in [9.17, 15) is 4.79 Å². The van der Waals surface area contributed by atoms with Crippen LogP contribution >= 0.6 is 11.8 Å². The van der Waals surface area contributed by atoms with Gasteiger partial charge in [0, 0.05) is 11.6 Å². The highest BCUT2D eigenvalue weighted by molar-refractivity contribution is 6.13. The number of nitrogens with one attached hydrogen (secondary N) is 2. The Kier molecular flexibility index (Phi) is 5.55. The zero-order valence-corrected chi connectivity index (χ0v) is 18.0. The Hall–Kier alpha value is -3.36. The van der Waals surface area contributed by atoms with Crippen LogP contribution < -0.4 is 20.9 Å². The molecule has 2 atom stereocenters. The molecule has 0 saturated heterocycles. The number of anilines is 1. The summed E-state index contributed by atoms with van der Waals surface area (Å²) in [5.74, 6) is 1.71. The van der Waals surface area contributed by atoms with Crippen LogP contribution in [-0.2, 0) is 0 Å². The number of nitrogen functional groups attached to an aromatic ring is 1. The summed E-state index contributed by atoms with van der Waals surface area (Å²) in [6.07, 6.45) is 3.69. The van der Waals surface area contributed by atoms with Crippen molar-refractivity contribution in [1.29, 1.82) is 0 Å². The summed E-state index contributed by atoms with van der Waals surface area (Å²) in [6.45, 7) is 0. The topological polar surface area (TPSA) is 111 Å². The largest absolute Gasteiger partial charge is 0.457 e. The van der Waals surface area contributed by atoms with Gasteiger partial charge < -0.3 is 10.5 Å². The normalized spacial score (nSPS) is 18.7. The number of nitrogens with zero attached hydrogens (tertiary/aromatic N) is 3. The lowest BCUT2D eigenvalue weighted by molar-refractivity contribution is 0.296. The molecule has 1 fully saturated rings. The zero-order chi connectivity index (χ0) is 22.1. The molecule has 164 valence electrons. The average Bonchev–Trinajstić information content (AvgIpc) is 3.25. The van der Waals surface area contributed by atoms with Crippen LogP contribution in [0.2, 0.25) is 0 Å². The first-order valence-corrected chi connectivity index (χ1v) is 11.0. The van der Waals surface area contributed by atoms with Crippen LogP contribution in [0.15, 0.2) is 59.4 Å². The van der Waals surface area contributed by atoms with Crippen LogP contribution in [0.4, 0.5) is 5.82 Å². The first kappa shape index (κ1) is 20.5. The van der Waals surface area contributed by atoms with Gasteiger partial charge >= 0.3 is 0 Å². The third-order valence-electron chi connectivity index (χ3n) is 5.91. The Morgan fingerprint density at radius 1 is 1.09 bits per heavy atom. The number of hydrogen-bond donors (Lipinski definition) is 3. The van der Waals surface area contributed by atoms with Crippen molar-refractivity contribution in [3.63, 3.8) is 0 Å². The Morgan fingerprint density at radius 2 is 1.84 bits per heavy atom. The molecule has 8 nitrogen and oxygen atoms in total. The number of halogens is 1. The molecule has 0 aliphatic heterocycles. The van der Waals surface area contributed by atoms with Gasteiger partial charge in [-0.3, -0.25) is 9.48 Å². The van der Waals surface area contributed by atoms with Crippen LogP contribution in [0.25, 0.3) is 22.2 Å². The fraction of sp³-hybridized carbons (Fsp3) is 0.261. The number of ether oxygens (including phenoxy) is 1. The van der Waals surface area contributed by atoms with Crippen LogP contribution in [0.1, 0.15) is 31.7 Å². The first-order valence-electron chi connectivity index (χ1n) is 10.6. The Balaban J connectivity index is 1.55. The fourth-order valence-corrected chi connectivity index (χ4v) is 4.57. The molecule has 2 unspecified atom stereocenters. The molecule has 2 aromatic carbocycles. The molecule has 4 aromatic rings. The quantitative estimate of drug-likeness (QED) is 0.389. The Bertz CT molecular complexity index is 1290. The van der Waals surface area contributed by atoms with Crippen LogP contribution in [0.5, 0.6) is 11.5 Å². The number of para-hydroxylation sites is 1. The summed E-state index contributed by atoms with van der Waals surface area (Å²) in [4.78, 5) is 15.6. The van der Waals surface area contributed by atoms with Crippen molar-refractivity contribution in [2.24, 2.45) is 0 Å². The van der Waals surface area contributed by atoms with E-state index in [1.54, 1.807) is 4.68 Å². The summed E-state index contributed by atoms with van der Waals surface area (Å²) in [7, 11) is 0. The standard InChI is InChI=1S/C23H23ClN6O2/c24-26-15-5-4-6-16(13-15)30-21-19(22(25)27-28-23(21)31)20(29-30)14-9-11-18(12-10-14)32-17-7-2-1-3-8-17/h1-3,7-12,15-16,26H,4-6,13H2,(H2,25,27)(H,28,31). The Labute approximate surface area is 189 Å². The molecule has 2 aromatic heterocycles. The minimum Gasteiger partial charge on any atom is -0.457 e. The minimum absolute atomic E-state index is 0.0415. The first-order chi connectivity index (χ1) is 15.6. The van der Waals surface area contributed by atoms with E-state index in [4.69, 9.17) is 27.3 Å². The zero-order valence-electron chi connectivity index (χ0n) is 17.3. The maximum absolute atomic E-state index is 12.8. The van der Waals surface area contributed by atoms with Gasteiger partial charge in [0.05, 0.1) is 11.4 Å². The highest BCUT2D eigenvalue weighted by Crippen LogP contribution is 2.36. The minimum atomic E-state index is -0.307. The lowest BCUT2D eigenvalue weighted by atomic mass is 9.91. The number of aromatic amines is 1. The van der Waals surface area contributed by atoms with Crippen molar-refractivity contribution in [3.8, 4) is 22.8 Å². The molecule has 2 heterocycles. The van der Waals surface area contributed by atoms with Gasteiger partial charge in [0.25, 0.3) is 5.56 Å². The number of benzene rings is 2. The maximum Gasteiger partial charge on any atom is 0.290 e. The van der Waals surface area contributed by atoms with E-state index in [2.05, 4.69) is 15.0 Å². The summed E-state index contributed by atoms with van der Waals surface area (Å²) in [5.41, 5.74) is 7.79. The van der Waals surface area contributed by atoms with E-state index in [0.717, 1.165) is 37.0 Å². The molecular weight excluding hydrogens is 428 g/mol. The fourth-order valence-electron chi connectivity index (χ4n) is 4.37. The molecule has 0 spiro atoms. The average molecular weight is 451 g/mol. The van der Waals surface area contributed by atoms with Gasteiger partial charge in [-0.2, -0.15) is 10.2 Å². The molecule has 1 aliphatic rings. The maximum atomic E-state index is 12.8. The summed E-state index contributed by atoms with van der Waals surface area (Å²) < 4.78 is 7.69. The van der Waals surface area contributed by atoms with Gasteiger partial charge in [-0.25, -0.2) is 9.93 Å². The van der Waals surface area contributed by atoms with Gasteiger partial charge in [0.2, 0.25) is 0 Å². The van der Waals surface area contributed by atoms with E-state index in [1.807, 2.05) is 54.6 Å². The van der Waals surface area contributed by atoms with Crippen LogP contribution in [-0.4, -0.2) is 26.0 Å². The second kappa shape index (κ2) is 8.64. The monoisotopic (exact) mass is 450 g/mol. The van der Waals surface area contributed by atoms with Crippen LogP contribution in [0.3, 0.4) is 0 Å². The third-order valence-corrected chi connectivity index (χ3v) is 6.22. The molecule has 1 aliphatic carbocycles. The number of rotatable bonds is 5. The molecule has 0 radical (unpaired) electrons. The highest BCUT2D eigenvalue weighted by atomic mass is 35.5. The molecule has 0 amide bonds. The lowest BCUT2D eigenvalue weighted by Gasteiger charge is -2.28. The predicted octanol–water partition coefficient (Wildman–Crippen LogP) is 4.39. The van der Waals surface area contributed by atoms with Crippen LogP contribution in [0, 0.1) is 0 Å². The molecule has 5 rings (SSSR count). The van der Waals surface area contributed by atoms with Crippen molar-refractivity contribution in [2.45, 2.75) is 37.8 Å². The number of aromatic nitrogens is 4. The van der Waals surface area contributed by atoms with E-state index in [-0.39, 0.29) is 23.5 Å². The Morgan fingerprint density at radius 3 is 2.59 bits per heavy atom. The highest BCUT2D eigenvalue weighted by Gasteiger charge is 2.28. The van der Waals surface area contributed by atoms with Crippen molar-refractivity contribution in [2.75, 3.05) is 5.73 Å². The van der Waals surface area contributed by atoms with E-state index >= 15 is 0 Å². The van der Waals surface area contributed by atoms with Crippen molar-refractivity contribution in [1.82, 2.24) is 24.8 Å². The van der Waals surface area contributed by atoms with E-state index in [1.165, 1.54) is 0 Å². The van der Waals surface area contributed by atoms with E-state index in [0.29, 0.717) is 22.3 Å². The number of hydrogen-bond acceptors (Lipinski definition) is 6. The second-order valence-corrected chi connectivity index (χ2v) is 8.24. The van der Waals surface area contributed by atoms with Gasteiger partial charge in [-0.15, -0.1) is 0 Å². The smallest absolute Gasteiger partial charge is 0.290 e. The molecule has 1 saturated carbocycles. The lowest BCUT2D eigenvalue weighted by Crippen LogP contribution is -2.31. The van der Waals surface area contributed by atoms with Crippen molar-refractivity contribution < 1.29 is 4.74 Å².